The molecule has 1 aromatic carbocycles. The van der Waals surface area contributed by atoms with Gasteiger partial charge in [0.15, 0.2) is 0 Å². The molecule has 6 heteroatoms. The average molecular weight is 396 g/mol. The topological polar surface area (TPSA) is 55.5 Å². The number of nitrogens with zero attached hydrogens (tertiary/aromatic N) is 4. The van der Waals surface area contributed by atoms with Crippen molar-refractivity contribution < 1.29 is 4.79 Å². The number of hydrogen-bond donors (Lipinski definition) is 1. The van der Waals surface area contributed by atoms with Crippen LogP contribution in [-0.4, -0.2) is 69.8 Å². The predicted molar refractivity (Wildman–Crippen MR) is 114 cm³/mol. The Bertz CT molecular complexity index is 740. The van der Waals surface area contributed by atoms with Crippen molar-refractivity contribution in [3.8, 4) is 0 Å². The Hall–Kier alpha value is -2.18. The zero-order chi connectivity index (χ0) is 19.9. The van der Waals surface area contributed by atoms with Crippen molar-refractivity contribution in [1.82, 2.24) is 24.7 Å². The van der Waals surface area contributed by atoms with E-state index in [9.17, 15) is 4.79 Å². The highest BCUT2D eigenvalue weighted by Gasteiger charge is 2.24. The number of imidazole rings is 1. The highest BCUT2D eigenvalue weighted by atomic mass is 16.2. The maximum Gasteiger partial charge on any atom is 0.222 e. The molecule has 1 amide bonds. The molecule has 0 unspecified atom stereocenters. The molecule has 2 aromatic rings. The maximum atomic E-state index is 12.7. The van der Waals surface area contributed by atoms with Gasteiger partial charge < -0.3 is 9.88 Å². The third kappa shape index (κ3) is 5.90. The third-order valence-electron chi connectivity index (χ3n) is 6.29. The molecule has 3 heterocycles. The Labute approximate surface area is 173 Å². The van der Waals surface area contributed by atoms with E-state index in [-0.39, 0.29) is 0 Å². The minimum absolute atomic E-state index is 0.343. The van der Waals surface area contributed by atoms with Gasteiger partial charge in [0.25, 0.3) is 0 Å². The van der Waals surface area contributed by atoms with Crippen molar-refractivity contribution >= 4 is 5.91 Å². The number of piperazine rings is 1. The van der Waals surface area contributed by atoms with Crippen LogP contribution in [0.3, 0.4) is 0 Å². The highest BCUT2D eigenvalue weighted by molar-refractivity contribution is 5.76. The fraction of sp³-hybridized carbons (Fsp3) is 0.565. The number of piperidine rings is 1. The van der Waals surface area contributed by atoms with E-state index in [4.69, 9.17) is 0 Å². The van der Waals surface area contributed by atoms with Crippen molar-refractivity contribution in [2.45, 2.75) is 38.8 Å². The monoisotopic (exact) mass is 395 g/mol. The molecule has 0 bridgehead atoms. The second kappa shape index (κ2) is 10.0. The zero-order valence-electron chi connectivity index (χ0n) is 17.3. The Kier molecular flexibility index (Phi) is 6.96. The molecule has 156 valence electrons. The molecule has 0 aliphatic carbocycles. The van der Waals surface area contributed by atoms with Crippen LogP contribution in [0.2, 0.25) is 0 Å². The summed E-state index contributed by atoms with van der Waals surface area (Å²) < 4.78 is 0. The van der Waals surface area contributed by atoms with Gasteiger partial charge in [-0.1, -0.05) is 30.3 Å². The summed E-state index contributed by atoms with van der Waals surface area (Å²) in [6, 6.07) is 10.6. The fourth-order valence-electron chi connectivity index (χ4n) is 4.63. The lowest BCUT2D eigenvalue weighted by atomic mass is 9.93. The summed E-state index contributed by atoms with van der Waals surface area (Å²) in [5, 5.41) is 0. The Balaban J connectivity index is 1.16. The van der Waals surface area contributed by atoms with Crippen LogP contribution in [0, 0.1) is 5.92 Å². The summed E-state index contributed by atoms with van der Waals surface area (Å²) in [6.45, 7) is 7.84. The van der Waals surface area contributed by atoms with Crippen molar-refractivity contribution in [3.05, 3.63) is 54.1 Å². The zero-order valence-corrected chi connectivity index (χ0v) is 17.3. The molecule has 29 heavy (non-hydrogen) atoms. The van der Waals surface area contributed by atoms with Crippen LogP contribution in [-0.2, 0) is 17.9 Å². The molecule has 2 fully saturated rings. The lowest BCUT2D eigenvalue weighted by Gasteiger charge is -2.36. The van der Waals surface area contributed by atoms with Crippen LogP contribution in [0.25, 0.3) is 0 Å². The van der Waals surface area contributed by atoms with Gasteiger partial charge in [0, 0.05) is 64.1 Å². The molecular weight excluding hydrogens is 362 g/mol. The molecule has 1 N–H and O–H groups in total. The van der Waals surface area contributed by atoms with Crippen molar-refractivity contribution in [2.75, 3.05) is 39.3 Å². The van der Waals surface area contributed by atoms with Gasteiger partial charge in [-0.25, -0.2) is 4.98 Å². The quantitative estimate of drug-likeness (QED) is 0.783. The highest BCUT2D eigenvalue weighted by Crippen LogP contribution is 2.23. The predicted octanol–water partition coefficient (Wildman–Crippen LogP) is 2.75. The van der Waals surface area contributed by atoms with Crippen LogP contribution < -0.4 is 0 Å². The Morgan fingerprint density at radius 2 is 1.86 bits per heavy atom. The number of likely N-dealkylation sites (tertiary alicyclic amines) is 1. The summed E-state index contributed by atoms with van der Waals surface area (Å²) in [6.07, 6.45) is 7.84. The summed E-state index contributed by atoms with van der Waals surface area (Å²) >= 11 is 0. The molecule has 1 aromatic heterocycles. The molecule has 2 aliphatic rings. The number of amides is 1. The van der Waals surface area contributed by atoms with Crippen LogP contribution >= 0.6 is 0 Å². The van der Waals surface area contributed by atoms with Gasteiger partial charge in [0.1, 0.15) is 0 Å². The first kappa shape index (κ1) is 20.1. The van der Waals surface area contributed by atoms with Crippen LogP contribution in [0.5, 0.6) is 0 Å². The van der Waals surface area contributed by atoms with E-state index in [1.165, 1.54) is 24.1 Å². The summed E-state index contributed by atoms with van der Waals surface area (Å²) in [4.78, 5) is 27.1. The largest absolute Gasteiger partial charge is 0.347 e. The van der Waals surface area contributed by atoms with E-state index in [1.807, 2.05) is 6.20 Å². The first-order valence-corrected chi connectivity index (χ1v) is 11.0. The van der Waals surface area contributed by atoms with Crippen LogP contribution in [0.15, 0.2) is 42.9 Å². The summed E-state index contributed by atoms with van der Waals surface area (Å²) in [5.74, 6) is 0.977. The number of benzene rings is 1. The van der Waals surface area contributed by atoms with Crippen molar-refractivity contribution in [1.29, 1.82) is 0 Å². The molecule has 1 atom stereocenters. The molecule has 0 saturated carbocycles. The number of carbonyl (C=O) groups excluding carboxylic acids is 1. The normalized spacial score (nSPS) is 21.4. The van der Waals surface area contributed by atoms with Crippen molar-refractivity contribution in [3.63, 3.8) is 0 Å². The molecule has 6 nitrogen and oxygen atoms in total. The number of H-pyrrole nitrogens is 1. The van der Waals surface area contributed by atoms with Gasteiger partial charge in [-0.05, 0) is 37.3 Å². The number of aromatic nitrogens is 2. The van der Waals surface area contributed by atoms with Gasteiger partial charge in [-0.15, -0.1) is 0 Å². The number of carbonyl (C=O) groups is 1. The SMILES string of the molecule is O=C(CC[C@H]1CCCN(Cc2cnc[nH]2)C1)N1CCN(Cc2ccccc2)CC1. The molecular formula is C23H33N5O. The minimum atomic E-state index is 0.343. The van der Waals surface area contributed by atoms with Gasteiger partial charge in [0.2, 0.25) is 5.91 Å². The van der Waals surface area contributed by atoms with E-state index in [0.29, 0.717) is 18.2 Å². The van der Waals surface area contributed by atoms with E-state index in [0.717, 1.165) is 58.8 Å². The van der Waals surface area contributed by atoms with Crippen molar-refractivity contribution in [2.24, 2.45) is 5.92 Å². The molecule has 4 rings (SSSR count). The number of hydrogen-bond acceptors (Lipinski definition) is 4. The summed E-state index contributed by atoms with van der Waals surface area (Å²) in [5.41, 5.74) is 2.53. The lowest BCUT2D eigenvalue weighted by molar-refractivity contribution is -0.133. The van der Waals surface area contributed by atoms with Crippen LogP contribution in [0.4, 0.5) is 0 Å². The van der Waals surface area contributed by atoms with Gasteiger partial charge in [-0.2, -0.15) is 0 Å². The first-order valence-electron chi connectivity index (χ1n) is 11.0. The molecule has 0 radical (unpaired) electrons. The lowest BCUT2D eigenvalue weighted by Crippen LogP contribution is -2.48. The molecule has 2 saturated heterocycles. The fourth-order valence-corrected chi connectivity index (χ4v) is 4.63. The second-order valence-electron chi connectivity index (χ2n) is 8.50. The van der Waals surface area contributed by atoms with Gasteiger partial charge >= 0.3 is 0 Å². The Morgan fingerprint density at radius 1 is 1.03 bits per heavy atom. The van der Waals surface area contributed by atoms with E-state index < -0.39 is 0 Å². The van der Waals surface area contributed by atoms with Gasteiger partial charge in [0.05, 0.1) is 6.33 Å². The smallest absolute Gasteiger partial charge is 0.222 e. The van der Waals surface area contributed by atoms with E-state index >= 15 is 0 Å². The second-order valence-corrected chi connectivity index (χ2v) is 8.50. The molecule has 2 aliphatic heterocycles. The Morgan fingerprint density at radius 3 is 2.62 bits per heavy atom. The average Bonchev–Trinajstić information content (AvgIpc) is 3.27. The first-order chi connectivity index (χ1) is 14.3. The number of aromatic amines is 1. The summed E-state index contributed by atoms with van der Waals surface area (Å²) in [7, 11) is 0. The maximum absolute atomic E-state index is 12.7. The van der Waals surface area contributed by atoms with Crippen LogP contribution in [0.1, 0.15) is 36.9 Å². The molecule has 0 spiro atoms. The standard InChI is InChI=1S/C23H33N5O/c29-23(28-13-11-26(12-14-28)16-20-5-2-1-3-6-20)9-8-21-7-4-10-27(17-21)18-22-15-24-19-25-22/h1-3,5-6,15,19,21H,4,7-14,16-18H2,(H,24,25)/t21-/m1/s1. The number of rotatable bonds is 7. The van der Waals surface area contributed by atoms with E-state index in [2.05, 4.69) is 55.0 Å². The van der Waals surface area contributed by atoms with E-state index in [1.54, 1.807) is 6.33 Å². The van der Waals surface area contributed by atoms with Gasteiger partial charge in [-0.3, -0.25) is 14.6 Å². The number of nitrogens with one attached hydrogen (secondary N) is 1. The third-order valence-corrected chi connectivity index (χ3v) is 6.29. The minimum Gasteiger partial charge on any atom is -0.347 e.